The van der Waals surface area contributed by atoms with Crippen LogP contribution in [0, 0.1) is 12.7 Å². The van der Waals surface area contributed by atoms with E-state index in [1.165, 1.54) is 0 Å². The molecule has 100 valence electrons. The van der Waals surface area contributed by atoms with Gasteiger partial charge in [0.2, 0.25) is 5.89 Å². The maximum absolute atomic E-state index is 13.0. The van der Waals surface area contributed by atoms with E-state index in [-0.39, 0.29) is 17.9 Å². The molecule has 0 aliphatic carbocycles. The molecule has 19 heavy (non-hydrogen) atoms. The number of amides is 1. The third kappa shape index (κ3) is 3.24. The Labute approximate surface area is 108 Å². The molecule has 0 unspecified atom stereocenters. The summed E-state index contributed by atoms with van der Waals surface area (Å²) in [5.41, 5.74) is 5.50. The Morgan fingerprint density at radius 3 is 3.05 bits per heavy atom. The highest BCUT2D eigenvalue weighted by Crippen LogP contribution is 2.09. The maximum atomic E-state index is 13.0. The summed E-state index contributed by atoms with van der Waals surface area (Å²) >= 11 is 0. The van der Waals surface area contributed by atoms with Crippen molar-refractivity contribution >= 4 is 11.7 Å². The first-order valence-corrected chi connectivity index (χ1v) is 5.54. The molecule has 0 saturated heterocycles. The molecule has 0 aliphatic heterocycles. The van der Waals surface area contributed by atoms with E-state index >= 15 is 0 Å². The number of nitrogens with two attached hydrogens (primary N) is 1. The fourth-order valence-corrected chi connectivity index (χ4v) is 1.46. The highest BCUT2D eigenvalue weighted by atomic mass is 19.1. The highest BCUT2D eigenvalue weighted by Gasteiger charge is 2.12. The number of hydrogen-bond acceptors (Lipinski definition) is 6. The normalized spacial score (nSPS) is 10.4. The number of carbonyl (C=O) groups is 1. The largest absolute Gasteiger partial charge is 0.383 e. The number of aromatic nitrogens is 3. The molecule has 1 amide bonds. The van der Waals surface area contributed by atoms with Crippen LogP contribution in [-0.4, -0.2) is 27.6 Å². The first kappa shape index (κ1) is 12.9. The van der Waals surface area contributed by atoms with E-state index in [4.69, 9.17) is 10.3 Å². The molecule has 2 heterocycles. The summed E-state index contributed by atoms with van der Waals surface area (Å²) < 4.78 is 17.8. The predicted octanol–water partition coefficient (Wildman–Crippen LogP) is 0.467. The van der Waals surface area contributed by atoms with Gasteiger partial charge in [-0.15, -0.1) is 0 Å². The average molecular weight is 265 g/mol. The minimum atomic E-state index is -0.617. The van der Waals surface area contributed by atoms with Crippen molar-refractivity contribution in [1.82, 2.24) is 20.4 Å². The van der Waals surface area contributed by atoms with Crippen LogP contribution in [0.3, 0.4) is 0 Å². The number of hydrogen-bond donors (Lipinski definition) is 2. The zero-order chi connectivity index (χ0) is 13.8. The molecular formula is C11H12FN5O2. The number of anilines is 1. The lowest BCUT2D eigenvalue weighted by atomic mass is 10.2. The molecule has 8 heteroatoms. The Bertz CT molecular complexity index is 599. The smallest absolute Gasteiger partial charge is 0.255 e. The second kappa shape index (κ2) is 5.42. The Hall–Kier alpha value is -2.51. The Kier molecular flexibility index (Phi) is 3.69. The Balaban J connectivity index is 1.92. The zero-order valence-corrected chi connectivity index (χ0v) is 10.2. The molecule has 2 aromatic heterocycles. The van der Waals surface area contributed by atoms with Gasteiger partial charge >= 0.3 is 0 Å². The third-order valence-corrected chi connectivity index (χ3v) is 2.33. The van der Waals surface area contributed by atoms with Gasteiger partial charge in [0, 0.05) is 19.9 Å². The number of nitrogens with zero attached hydrogens (tertiary/aromatic N) is 3. The van der Waals surface area contributed by atoms with Gasteiger partial charge in [0.15, 0.2) is 5.82 Å². The van der Waals surface area contributed by atoms with Crippen molar-refractivity contribution in [1.29, 1.82) is 0 Å². The minimum Gasteiger partial charge on any atom is -0.383 e. The summed E-state index contributed by atoms with van der Waals surface area (Å²) in [5, 5.41) is 6.26. The molecule has 0 atom stereocenters. The second-order valence-corrected chi connectivity index (χ2v) is 3.82. The molecule has 0 aromatic carbocycles. The summed E-state index contributed by atoms with van der Waals surface area (Å²) in [6, 6.07) is 1.04. The predicted molar refractivity (Wildman–Crippen MR) is 63.7 cm³/mol. The summed E-state index contributed by atoms with van der Waals surface area (Å²) in [6.07, 6.45) is 1.36. The standard InChI is InChI=1S/C11H12FN5O2/c1-6-16-9(17-19-6)2-3-14-11(18)8-4-7(12)5-15-10(8)13/h4-5H,2-3H2,1H3,(H2,13,15)(H,14,18). The fraction of sp³-hybridized carbons (Fsp3) is 0.273. The molecule has 3 N–H and O–H groups in total. The number of halogens is 1. The van der Waals surface area contributed by atoms with Crippen molar-refractivity contribution in [3.63, 3.8) is 0 Å². The van der Waals surface area contributed by atoms with Crippen LogP contribution in [0.2, 0.25) is 0 Å². The van der Waals surface area contributed by atoms with E-state index in [2.05, 4.69) is 20.4 Å². The van der Waals surface area contributed by atoms with E-state index in [1.54, 1.807) is 6.92 Å². The second-order valence-electron chi connectivity index (χ2n) is 3.82. The SMILES string of the molecule is Cc1nc(CCNC(=O)c2cc(F)cnc2N)no1. The van der Waals surface area contributed by atoms with Crippen LogP contribution in [0.15, 0.2) is 16.8 Å². The number of aryl methyl sites for hydroxylation is 1. The fourth-order valence-electron chi connectivity index (χ4n) is 1.46. The van der Waals surface area contributed by atoms with E-state index in [0.717, 1.165) is 12.3 Å². The van der Waals surface area contributed by atoms with Gasteiger partial charge in [-0.1, -0.05) is 5.16 Å². The van der Waals surface area contributed by atoms with E-state index in [9.17, 15) is 9.18 Å². The van der Waals surface area contributed by atoms with Crippen LogP contribution >= 0.6 is 0 Å². The number of rotatable bonds is 4. The quantitative estimate of drug-likeness (QED) is 0.832. The van der Waals surface area contributed by atoms with Gasteiger partial charge in [0.1, 0.15) is 11.6 Å². The summed E-state index contributed by atoms with van der Waals surface area (Å²) in [7, 11) is 0. The van der Waals surface area contributed by atoms with Crippen molar-refractivity contribution in [2.75, 3.05) is 12.3 Å². The molecule has 2 aromatic rings. The minimum absolute atomic E-state index is 0.00397. The molecule has 7 nitrogen and oxygen atoms in total. The van der Waals surface area contributed by atoms with Crippen LogP contribution in [0.5, 0.6) is 0 Å². The van der Waals surface area contributed by atoms with Crippen molar-refractivity contribution in [3.8, 4) is 0 Å². The van der Waals surface area contributed by atoms with Crippen LogP contribution in [0.25, 0.3) is 0 Å². The monoisotopic (exact) mass is 265 g/mol. The number of nitrogens with one attached hydrogen (secondary N) is 1. The third-order valence-electron chi connectivity index (χ3n) is 2.33. The van der Waals surface area contributed by atoms with E-state index < -0.39 is 11.7 Å². The number of nitrogen functional groups attached to an aromatic ring is 1. The first-order chi connectivity index (χ1) is 9.06. The van der Waals surface area contributed by atoms with Crippen molar-refractivity contribution in [2.45, 2.75) is 13.3 Å². The van der Waals surface area contributed by atoms with Crippen molar-refractivity contribution in [2.24, 2.45) is 0 Å². The molecule has 0 saturated carbocycles. The summed E-state index contributed by atoms with van der Waals surface area (Å²) in [5.74, 6) is -0.185. The lowest BCUT2D eigenvalue weighted by molar-refractivity contribution is 0.0954. The number of pyridine rings is 1. The van der Waals surface area contributed by atoms with Crippen molar-refractivity contribution in [3.05, 3.63) is 35.4 Å². The Morgan fingerprint density at radius 1 is 1.58 bits per heavy atom. The molecule has 0 aliphatic rings. The van der Waals surface area contributed by atoms with Crippen LogP contribution < -0.4 is 11.1 Å². The first-order valence-electron chi connectivity index (χ1n) is 5.54. The van der Waals surface area contributed by atoms with Crippen molar-refractivity contribution < 1.29 is 13.7 Å². The topological polar surface area (TPSA) is 107 Å². The van der Waals surface area contributed by atoms with E-state index in [0.29, 0.717) is 18.1 Å². The summed E-state index contributed by atoms with van der Waals surface area (Å²) in [6.45, 7) is 1.96. The molecule has 0 bridgehead atoms. The maximum Gasteiger partial charge on any atom is 0.255 e. The van der Waals surface area contributed by atoms with Gasteiger partial charge in [-0.2, -0.15) is 4.98 Å². The van der Waals surface area contributed by atoms with Gasteiger partial charge in [-0.3, -0.25) is 4.79 Å². The van der Waals surface area contributed by atoms with E-state index in [1.807, 2.05) is 0 Å². The highest BCUT2D eigenvalue weighted by molar-refractivity contribution is 5.98. The van der Waals surface area contributed by atoms with Gasteiger partial charge in [0.25, 0.3) is 5.91 Å². The molecule has 0 radical (unpaired) electrons. The lowest BCUT2D eigenvalue weighted by Crippen LogP contribution is -2.27. The molecule has 2 rings (SSSR count). The number of carbonyl (C=O) groups excluding carboxylic acids is 1. The van der Waals surface area contributed by atoms with Crippen LogP contribution in [0.4, 0.5) is 10.2 Å². The molecule has 0 fully saturated rings. The lowest BCUT2D eigenvalue weighted by Gasteiger charge is -2.05. The Morgan fingerprint density at radius 2 is 2.37 bits per heavy atom. The average Bonchev–Trinajstić information content (AvgIpc) is 2.78. The van der Waals surface area contributed by atoms with Crippen LogP contribution in [0.1, 0.15) is 22.1 Å². The summed E-state index contributed by atoms with van der Waals surface area (Å²) in [4.78, 5) is 19.3. The van der Waals surface area contributed by atoms with Gasteiger partial charge in [0.05, 0.1) is 11.8 Å². The van der Waals surface area contributed by atoms with Gasteiger partial charge in [-0.05, 0) is 6.07 Å². The van der Waals surface area contributed by atoms with Gasteiger partial charge in [-0.25, -0.2) is 9.37 Å². The molecule has 0 spiro atoms. The molecular weight excluding hydrogens is 253 g/mol. The van der Waals surface area contributed by atoms with Gasteiger partial charge < -0.3 is 15.6 Å². The zero-order valence-electron chi connectivity index (χ0n) is 10.2. The van der Waals surface area contributed by atoms with Crippen LogP contribution in [-0.2, 0) is 6.42 Å².